The van der Waals surface area contributed by atoms with Crippen LogP contribution in [-0.4, -0.2) is 34.7 Å². The number of hydrogen-bond donors (Lipinski definition) is 2. The molecular formula is C12H14N4O2S2. The molecule has 0 fully saturated rings. The fourth-order valence-corrected chi connectivity index (χ4v) is 2.98. The number of benzene rings is 1. The monoisotopic (exact) mass is 310 g/mol. The van der Waals surface area contributed by atoms with Gasteiger partial charge in [0.2, 0.25) is 10.0 Å². The summed E-state index contributed by atoms with van der Waals surface area (Å²) in [6, 6.07) is 6.27. The zero-order valence-corrected chi connectivity index (χ0v) is 12.4. The van der Waals surface area contributed by atoms with Gasteiger partial charge in [-0.1, -0.05) is 24.4 Å². The van der Waals surface area contributed by atoms with Gasteiger partial charge in [0.25, 0.3) is 0 Å². The molecule has 2 aromatic rings. The molecule has 20 heavy (non-hydrogen) atoms. The van der Waals surface area contributed by atoms with Crippen molar-refractivity contribution in [2.24, 2.45) is 5.73 Å². The van der Waals surface area contributed by atoms with Crippen molar-refractivity contribution in [1.29, 1.82) is 0 Å². The van der Waals surface area contributed by atoms with E-state index in [1.54, 1.807) is 24.5 Å². The molecule has 0 radical (unpaired) electrons. The minimum Gasteiger partial charge on any atom is -0.389 e. The molecule has 0 saturated carbocycles. The van der Waals surface area contributed by atoms with Gasteiger partial charge in [0, 0.05) is 25.0 Å². The second kappa shape index (κ2) is 5.70. The summed E-state index contributed by atoms with van der Waals surface area (Å²) >= 11 is 4.86. The first-order valence-electron chi connectivity index (χ1n) is 5.76. The summed E-state index contributed by atoms with van der Waals surface area (Å²) in [5, 5.41) is 0. The van der Waals surface area contributed by atoms with Crippen molar-refractivity contribution in [3.8, 4) is 0 Å². The number of nitrogens with one attached hydrogen (secondary N) is 1. The smallest absolute Gasteiger partial charge is 0.243 e. The van der Waals surface area contributed by atoms with E-state index in [-0.39, 0.29) is 16.4 Å². The lowest BCUT2D eigenvalue weighted by atomic mass is 10.2. The van der Waals surface area contributed by atoms with Crippen molar-refractivity contribution in [1.82, 2.24) is 14.3 Å². The molecule has 3 N–H and O–H groups in total. The number of H-pyrrole nitrogens is 1. The number of hydrogen-bond acceptors (Lipinski definition) is 4. The molecule has 2 rings (SSSR count). The fraction of sp³-hybridized carbons (Fsp3) is 0.167. The van der Waals surface area contributed by atoms with E-state index in [0.717, 1.165) is 0 Å². The van der Waals surface area contributed by atoms with Gasteiger partial charge in [0.05, 0.1) is 11.4 Å². The molecular weight excluding hydrogens is 296 g/mol. The Labute approximate surface area is 122 Å². The van der Waals surface area contributed by atoms with E-state index < -0.39 is 10.0 Å². The molecule has 0 saturated heterocycles. The van der Waals surface area contributed by atoms with Crippen LogP contribution >= 0.6 is 12.2 Å². The molecule has 0 aliphatic carbocycles. The normalized spacial score (nSPS) is 11.7. The number of imidazole rings is 1. The Balaban J connectivity index is 2.29. The molecule has 0 amide bonds. The largest absolute Gasteiger partial charge is 0.389 e. The molecule has 106 valence electrons. The third-order valence-electron chi connectivity index (χ3n) is 2.75. The lowest BCUT2D eigenvalue weighted by molar-refractivity contribution is 0.458. The predicted molar refractivity (Wildman–Crippen MR) is 79.6 cm³/mol. The predicted octanol–water partition coefficient (Wildman–Crippen LogP) is 0.865. The van der Waals surface area contributed by atoms with Crippen molar-refractivity contribution in [2.45, 2.75) is 11.4 Å². The number of aromatic amines is 1. The van der Waals surface area contributed by atoms with E-state index in [9.17, 15) is 8.42 Å². The lowest BCUT2D eigenvalue weighted by Gasteiger charge is -2.16. The number of rotatable bonds is 5. The summed E-state index contributed by atoms with van der Waals surface area (Å²) < 4.78 is 26.1. The van der Waals surface area contributed by atoms with E-state index in [1.807, 2.05) is 0 Å². The van der Waals surface area contributed by atoms with Gasteiger partial charge >= 0.3 is 0 Å². The topological polar surface area (TPSA) is 92.1 Å². The molecule has 0 aliphatic rings. The average Bonchev–Trinajstić information content (AvgIpc) is 2.91. The molecule has 0 bridgehead atoms. The highest BCUT2D eigenvalue weighted by Gasteiger charge is 2.22. The molecule has 0 unspecified atom stereocenters. The summed E-state index contributed by atoms with van der Waals surface area (Å²) in [7, 11) is -2.12. The highest BCUT2D eigenvalue weighted by Crippen LogP contribution is 2.17. The van der Waals surface area contributed by atoms with Crippen LogP contribution in [0, 0.1) is 0 Å². The van der Waals surface area contributed by atoms with Crippen molar-refractivity contribution in [3.05, 3.63) is 48.0 Å². The van der Waals surface area contributed by atoms with Crippen LogP contribution in [0.3, 0.4) is 0 Å². The van der Waals surface area contributed by atoms with Gasteiger partial charge in [-0.25, -0.2) is 13.4 Å². The Hall–Kier alpha value is -1.77. The third-order valence-corrected chi connectivity index (χ3v) is 4.79. The molecule has 0 spiro atoms. The molecule has 1 heterocycles. The van der Waals surface area contributed by atoms with E-state index in [4.69, 9.17) is 18.0 Å². The second-order valence-corrected chi connectivity index (χ2v) is 6.67. The number of thiocarbonyl (C=S) groups is 1. The maximum atomic E-state index is 12.4. The summed E-state index contributed by atoms with van der Waals surface area (Å²) in [4.78, 5) is 7.18. The van der Waals surface area contributed by atoms with Crippen LogP contribution in [0.2, 0.25) is 0 Å². The zero-order chi connectivity index (χ0) is 14.8. The Bertz CT molecular complexity index is 711. The van der Waals surface area contributed by atoms with Crippen molar-refractivity contribution < 1.29 is 8.42 Å². The van der Waals surface area contributed by atoms with Crippen LogP contribution in [0.5, 0.6) is 0 Å². The maximum absolute atomic E-state index is 12.4. The SMILES string of the molecule is CN(Cc1ncc[nH]1)S(=O)(=O)c1cccc(C(N)=S)c1. The lowest BCUT2D eigenvalue weighted by Crippen LogP contribution is -2.27. The molecule has 6 nitrogen and oxygen atoms in total. The minimum atomic E-state index is -3.61. The number of nitrogens with zero attached hydrogens (tertiary/aromatic N) is 2. The van der Waals surface area contributed by atoms with Crippen molar-refractivity contribution in [2.75, 3.05) is 7.05 Å². The van der Waals surface area contributed by atoms with Crippen LogP contribution in [0.4, 0.5) is 0 Å². The molecule has 1 aromatic carbocycles. The van der Waals surface area contributed by atoms with Crippen LogP contribution in [-0.2, 0) is 16.6 Å². The van der Waals surface area contributed by atoms with E-state index in [2.05, 4.69) is 9.97 Å². The van der Waals surface area contributed by atoms with Crippen molar-refractivity contribution in [3.63, 3.8) is 0 Å². The Morgan fingerprint density at radius 3 is 2.85 bits per heavy atom. The highest BCUT2D eigenvalue weighted by atomic mass is 32.2. The van der Waals surface area contributed by atoms with Gasteiger partial charge in [0.15, 0.2) is 0 Å². The highest BCUT2D eigenvalue weighted by molar-refractivity contribution is 7.89. The quantitative estimate of drug-likeness (QED) is 0.799. The summed E-state index contributed by atoms with van der Waals surface area (Å²) in [5.41, 5.74) is 6.04. The van der Waals surface area contributed by atoms with Crippen LogP contribution in [0.15, 0.2) is 41.6 Å². The Morgan fingerprint density at radius 2 is 2.25 bits per heavy atom. The number of nitrogens with two attached hydrogens (primary N) is 1. The number of sulfonamides is 1. The molecule has 1 aromatic heterocycles. The van der Waals surface area contributed by atoms with E-state index in [0.29, 0.717) is 11.4 Å². The first-order chi connectivity index (χ1) is 9.41. The van der Waals surface area contributed by atoms with Gasteiger partial charge in [-0.15, -0.1) is 0 Å². The van der Waals surface area contributed by atoms with E-state index in [1.165, 1.54) is 23.5 Å². The first-order valence-corrected chi connectivity index (χ1v) is 7.60. The van der Waals surface area contributed by atoms with E-state index >= 15 is 0 Å². The van der Waals surface area contributed by atoms with Crippen LogP contribution in [0.1, 0.15) is 11.4 Å². The Kier molecular flexibility index (Phi) is 4.17. The van der Waals surface area contributed by atoms with Gasteiger partial charge in [0.1, 0.15) is 10.8 Å². The second-order valence-electron chi connectivity index (χ2n) is 4.19. The Morgan fingerprint density at radius 1 is 1.50 bits per heavy atom. The van der Waals surface area contributed by atoms with Crippen LogP contribution in [0.25, 0.3) is 0 Å². The van der Waals surface area contributed by atoms with Gasteiger partial charge < -0.3 is 10.7 Å². The van der Waals surface area contributed by atoms with Gasteiger partial charge in [-0.3, -0.25) is 0 Å². The summed E-state index contributed by atoms with van der Waals surface area (Å²) in [5.74, 6) is 0.571. The standard InChI is InChI=1S/C12H14N4O2S2/c1-16(8-11-14-5-6-15-11)20(17,18)10-4-2-3-9(7-10)12(13)19/h2-7H,8H2,1H3,(H2,13,19)(H,14,15). The maximum Gasteiger partial charge on any atom is 0.243 e. The average molecular weight is 310 g/mol. The molecule has 0 aliphatic heterocycles. The van der Waals surface area contributed by atoms with Gasteiger partial charge in [-0.05, 0) is 12.1 Å². The van der Waals surface area contributed by atoms with Crippen LogP contribution < -0.4 is 5.73 Å². The van der Waals surface area contributed by atoms with Crippen molar-refractivity contribution >= 4 is 27.2 Å². The molecule has 0 atom stereocenters. The zero-order valence-electron chi connectivity index (χ0n) is 10.8. The van der Waals surface area contributed by atoms with Gasteiger partial charge in [-0.2, -0.15) is 4.31 Å². The molecule has 8 heteroatoms. The minimum absolute atomic E-state index is 0.150. The fourth-order valence-electron chi connectivity index (χ4n) is 1.67. The number of aromatic nitrogens is 2. The summed E-state index contributed by atoms with van der Waals surface area (Å²) in [6.07, 6.45) is 3.21. The summed E-state index contributed by atoms with van der Waals surface area (Å²) in [6.45, 7) is 0.159. The third kappa shape index (κ3) is 3.03. The first kappa shape index (κ1) is 14.6.